The molecular formula is C8H9NO3S. The third kappa shape index (κ3) is 2.55. The molecule has 0 aliphatic rings. The third-order valence-corrected chi connectivity index (χ3v) is 2.26. The molecule has 0 atom stereocenters. The minimum atomic E-state index is -1.42. The lowest BCUT2D eigenvalue weighted by atomic mass is 10.3. The molecule has 1 aromatic heterocycles. The Kier molecular flexibility index (Phi) is 3.02. The summed E-state index contributed by atoms with van der Waals surface area (Å²) < 4.78 is 0. The Labute approximate surface area is 79.4 Å². The van der Waals surface area contributed by atoms with E-state index in [9.17, 15) is 9.59 Å². The van der Waals surface area contributed by atoms with Crippen molar-refractivity contribution in [2.75, 3.05) is 7.05 Å². The first-order chi connectivity index (χ1) is 6.11. The maximum absolute atomic E-state index is 10.9. The molecule has 0 aromatic carbocycles. The van der Waals surface area contributed by atoms with Gasteiger partial charge in [-0.1, -0.05) is 0 Å². The van der Waals surface area contributed by atoms with Crippen LogP contribution in [0.4, 0.5) is 0 Å². The molecule has 0 spiro atoms. The van der Waals surface area contributed by atoms with E-state index in [0.29, 0.717) is 6.54 Å². The summed E-state index contributed by atoms with van der Waals surface area (Å²) in [5, 5.41) is 12.2. The van der Waals surface area contributed by atoms with Crippen LogP contribution in [0.15, 0.2) is 16.8 Å². The lowest BCUT2D eigenvalue weighted by Crippen LogP contribution is -2.32. The predicted octanol–water partition coefficient (Wildman–Crippen LogP) is 0.791. The first kappa shape index (κ1) is 9.73. The zero-order valence-corrected chi connectivity index (χ0v) is 7.87. The van der Waals surface area contributed by atoms with Gasteiger partial charge in [0.05, 0.1) is 0 Å². The van der Waals surface area contributed by atoms with Crippen molar-refractivity contribution in [2.24, 2.45) is 0 Å². The Morgan fingerprint density at radius 1 is 1.62 bits per heavy atom. The van der Waals surface area contributed by atoms with Crippen molar-refractivity contribution in [3.8, 4) is 0 Å². The van der Waals surface area contributed by atoms with E-state index in [1.165, 1.54) is 23.3 Å². The van der Waals surface area contributed by atoms with Gasteiger partial charge >= 0.3 is 11.9 Å². The normalized spacial score (nSPS) is 9.62. The van der Waals surface area contributed by atoms with Gasteiger partial charge in [0.1, 0.15) is 0 Å². The third-order valence-electron chi connectivity index (χ3n) is 1.53. The van der Waals surface area contributed by atoms with E-state index in [1.54, 1.807) is 0 Å². The van der Waals surface area contributed by atoms with Crippen molar-refractivity contribution < 1.29 is 14.7 Å². The second kappa shape index (κ2) is 4.04. The highest BCUT2D eigenvalue weighted by molar-refractivity contribution is 7.07. The lowest BCUT2D eigenvalue weighted by molar-refractivity contribution is -0.155. The molecule has 0 saturated carbocycles. The molecule has 0 unspecified atom stereocenters. The Bertz CT molecular complexity index is 307. The average Bonchev–Trinajstić information content (AvgIpc) is 2.55. The van der Waals surface area contributed by atoms with Gasteiger partial charge in [0.2, 0.25) is 0 Å². The highest BCUT2D eigenvalue weighted by Gasteiger charge is 2.16. The van der Waals surface area contributed by atoms with E-state index in [0.717, 1.165) is 5.56 Å². The van der Waals surface area contributed by atoms with Crippen LogP contribution in [-0.4, -0.2) is 28.9 Å². The number of nitrogens with zero attached hydrogens (tertiary/aromatic N) is 1. The zero-order valence-electron chi connectivity index (χ0n) is 7.06. The number of hydrogen-bond acceptors (Lipinski definition) is 3. The number of carboxylic acid groups (broad SMARTS) is 1. The number of hydrogen-bond donors (Lipinski definition) is 1. The molecule has 0 bridgehead atoms. The van der Waals surface area contributed by atoms with Gasteiger partial charge in [-0.15, -0.1) is 0 Å². The van der Waals surface area contributed by atoms with Crippen molar-refractivity contribution in [3.63, 3.8) is 0 Å². The topological polar surface area (TPSA) is 57.6 Å². The van der Waals surface area contributed by atoms with Gasteiger partial charge < -0.3 is 10.0 Å². The summed E-state index contributed by atoms with van der Waals surface area (Å²) >= 11 is 1.52. The van der Waals surface area contributed by atoms with Crippen LogP contribution in [0.25, 0.3) is 0 Å². The highest BCUT2D eigenvalue weighted by Crippen LogP contribution is 2.08. The van der Waals surface area contributed by atoms with E-state index in [4.69, 9.17) is 5.11 Å². The van der Waals surface area contributed by atoms with Crippen LogP contribution in [0.5, 0.6) is 0 Å². The van der Waals surface area contributed by atoms with Crippen molar-refractivity contribution in [2.45, 2.75) is 6.54 Å². The van der Waals surface area contributed by atoms with E-state index in [2.05, 4.69) is 0 Å². The van der Waals surface area contributed by atoms with Crippen LogP contribution in [-0.2, 0) is 16.1 Å². The molecule has 1 N–H and O–H groups in total. The molecule has 1 rings (SSSR count). The number of carbonyl (C=O) groups is 2. The zero-order chi connectivity index (χ0) is 9.84. The van der Waals surface area contributed by atoms with Crippen LogP contribution in [0.1, 0.15) is 5.56 Å². The molecule has 4 nitrogen and oxygen atoms in total. The summed E-state index contributed by atoms with van der Waals surface area (Å²) in [4.78, 5) is 22.4. The molecule has 0 saturated heterocycles. The minimum Gasteiger partial charge on any atom is -0.474 e. The van der Waals surface area contributed by atoms with Crippen molar-refractivity contribution in [1.29, 1.82) is 0 Å². The van der Waals surface area contributed by atoms with Crippen LogP contribution in [0.2, 0.25) is 0 Å². The number of amides is 1. The van der Waals surface area contributed by atoms with Crippen LogP contribution in [0.3, 0.4) is 0 Å². The molecule has 0 radical (unpaired) electrons. The van der Waals surface area contributed by atoms with Crippen LogP contribution < -0.4 is 0 Å². The first-order valence-corrected chi connectivity index (χ1v) is 4.55. The van der Waals surface area contributed by atoms with E-state index < -0.39 is 11.9 Å². The van der Waals surface area contributed by atoms with Crippen LogP contribution >= 0.6 is 11.3 Å². The SMILES string of the molecule is CN(Cc1ccsc1)C(=O)C(=O)O. The van der Waals surface area contributed by atoms with Gasteiger partial charge in [0.25, 0.3) is 0 Å². The van der Waals surface area contributed by atoms with E-state index in [-0.39, 0.29) is 0 Å². The average molecular weight is 199 g/mol. The minimum absolute atomic E-state index is 0.342. The smallest absolute Gasteiger partial charge is 0.394 e. The summed E-state index contributed by atoms with van der Waals surface area (Å²) in [5.41, 5.74) is 0.946. The number of aliphatic carboxylic acids is 1. The van der Waals surface area contributed by atoms with Gasteiger partial charge in [0, 0.05) is 13.6 Å². The summed E-state index contributed by atoms with van der Waals surface area (Å²) in [5.74, 6) is -2.30. The van der Waals surface area contributed by atoms with Crippen LogP contribution in [0, 0.1) is 0 Å². The maximum Gasteiger partial charge on any atom is 0.394 e. The van der Waals surface area contributed by atoms with Gasteiger partial charge in [-0.2, -0.15) is 11.3 Å². The predicted molar refractivity (Wildman–Crippen MR) is 48.4 cm³/mol. The Morgan fingerprint density at radius 3 is 2.77 bits per heavy atom. The van der Waals surface area contributed by atoms with Gasteiger partial charge in [-0.05, 0) is 22.4 Å². The molecule has 0 aliphatic carbocycles. The fraction of sp³-hybridized carbons (Fsp3) is 0.250. The summed E-state index contributed by atoms with van der Waals surface area (Å²) in [6, 6.07) is 1.86. The molecule has 70 valence electrons. The summed E-state index contributed by atoms with van der Waals surface area (Å²) in [6.45, 7) is 0.342. The number of carboxylic acids is 1. The summed E-state index contributed by atoms with van der Waals surface area (Å²) in [7, 11) is 1.47. The molecule has 1 heterocycles. The van der Waals surface area contributed by atoms with Crippen molar-refractivity contribution in [3.05, 3.63) is 22.4 Å². The molecule has 0 aliphatic heterocycles. The fourth-order valence-corrected chi connectivity index (χ4v) is 1.55. The Hall–Kier alpha value is -1.36. The van der Waals surface area contributed by atoms with Gasteiger partial charge in [-0.25, -0.2) is 4.79 Å². The number of likely N-dealkylation sites (N-methyl/N-ethyl adjacent to an activating group) is 1. The number of rotatable bonds is 2. The summed E-state index contributed by atoms with van der Waals surface area (Å²) in [6.07, 6.45) is 0. The Balaban J connectivity index is 2.55. The lowest BCUT2D eigenvalue weighted by Gasteiger charge is -2.12. The second-order valence-corrected chi connectivity index (χ2v) is 3.38. The number of thiophene rings is 1. The molecule has 0 fully saturated rings. The quantitative estimate of drug-likeness (QED) is 0.716. The van der Waals surface area contributed by atoms with E-state index in [1.807, 2.05) is 16.8 Å². The monoisotopic (exact) mass is 199 g/mol. The second-order valence-electron chi connectivity index (χ2n) is 2.60. The molecule has 1 aromatic rings. The maximum atomic E-state index is 10.9. The van der Waals surface area contributed by atoms with E-state index >= 15 is 0 Å². The Morgan fingerprint density at radius 2 is 2.31 bits per heavy atom. The fourth-order valence-electron chi connectivity index (χ4n) is 0.892. The van der Waals surface area contributed by atoms with Gasteiger partial charge in [0.15, 0.2) is 0 Å². The molecular weight excluding hydrogens is 190 g/mol. The van der Waals surface area contributed by atoms with Crippen molar-refractivity contribution in [1.82, 2.24) is 4.90 Å². The number of carbonyl (C=O) groups excluding carboxylic acids is 1. The highest BCUT2D eigenvalue weighted by atomic mass is 32.1. The molecule has 13 heavy (non-hydrogen) atoms. The van der Waals surface area contributed by atoms with Crippen molar-refractivity contribution >= 4 is 23.2 Å². The largest absolute Gasteiger partial charge is 0.474 e. The molecule has 5 heteroatoms. The van der Waals surface area contributed by atoms with Gasteiger partial charge in [-0.3, -0.25) is 4.79 Å². The standard InChI is InChI=1S/C8H9NO3S/c1-9(7(10)8(11)12)4-6-2-3-13-5-6/h2-3,5H,4H2,1H3,(H,11,12). The molecule has 1 amide bonds. The first-order valence-electron chi connectivity index (χ1n) is 3.60.